The number of thiophene rings is 1. The van der Waals surface area contributed by atoms with Crippen LogP contribution in [0.25, 0.3) is 16.3 Å². The highest BCUT2D eigenvalue weighted by Gasteiger charge is 2.50. The van der Waals surface area contributed by atoms with Crippen molar-refractivity contribution in [1.29, 1.82) is 5.26 Å². The van der Waals surface area contributed by atoms with E-state index in [1.165, 1.54) is 5.00 Å². The van der Waals surface area contributed by atoms with Gasteiger partial charge in [-0.15, -0.1) is 11.3 Å². The zero-order valence-corrected chi connectivity index (χ0v) is 15.0. The summed E-state index contributed by atoms with van der Waals surface area (Å²) in [4.78, 5) is 6.95. The Hall–Kier alpha value is -3.10. The molecule has 0 saturated heterocycles. The van der Waals surface area contributed by atoms with Gasteiger partial charge in [0.25, 0.3) is 0 Å². The molecule has 3 aromatic rings. The first-order valence-corrected chi connectivity index (χ1v) is 9.31. The topological polar surface area (TPSA) is 48.6 Å². The third-order valence-electron chi connectivity index (χ3n) is 5.49. The van der Waals surface area contributed by atoms with Gasteiger partial charge in [0.15, 0.2) is 0 Å². The minimum absolute atomic E-state index is 0.607. The van der Waals surface area contributed by atoms with Crippen LogP contribution < -0.4 is 9.64 Å². The lowest BCUT2D eigenvalue weighted by molar-refractivity contribution is 0.143. The molecular formula is C21H13N3OS. The third kappa shape index (κ3) is 1.48. The van der Waals surface area contributed by atoms with Gasteiger partial charge in [0.2, 0.25) is 5.72 Å². The normalized spacial score (nSPS) is 21.2. The summed E-state index contributed by atoms with van der Waals surface area (Å²) in [7, 11) is 2.08. The number of nitriles is 1. The molecule has 0 fully saturated rings. The summed E-state index contributed by atoms with van der Waals surface area (Å²) in [6, 6.07) is 15.0. The average Bonchev–Trinajstić information content (AvgIpc) is 3.31. The van der Waals surface area contributed by atoms with Crippen molar-refractivity contribution in [2.45, 2.75) is 12.6 Å². The quantitative estimate of drug-likeness (QED) is 0.659. The average molecular weight is 355 g/mol. The van der Waals surface area contributed by atoms with Crippen LogP contribution in [0.5, 0.6) is 5.75 Å². The summed E-state index contributed by atoms with van der Waals surface area (Å²) >= 11 is 1.71. The minimum Gasteiger partial charge on any atom is -0.461 e. The van der Waals surface area contributed by atoms with E-state index in [1.54, 1.807) is 11.3 Å². The van der Waals surface area contributed by atoms with Crippen molar-refractivity contribution in [3.05, 3.63) is 58.5 Å². The predicted octanol–water partition coefficient (Wildman–Crippen LogP) is 4.87. The Kier molecular flexibility index (Phi) is 2.36. The van der Waals surface area contributed by atoms with Crippen molar-refractivity contribution in [1.82, 2.24) is 0 Å². The molecule has 1 atom stereocenters. The van der Waals surface area contributed by atoms with Gasteiger partial charge in [0.1, 0.15) is 17.4 Å². The van der Waals surface area contributed by atoms with E-state index >= 15 is 0 Å². The van der Waals surface area contributed by atoms with Gasteiger partial charge in [-0.05, 0) is 46.7 Å². The van der Waals surface area contributed by atoms with Crippen LogP contribution >= 0.6 is 11.3 Å². The smallest absolute Gasteiger partial charge is 0.234 e. The summed E-state index contributed by atoms with van der Waals surface area (Å²) in [5, 5.41) is 15.4. The Labute approximate surface area is 154 Å². The molecule has 1 unspecified atom stereocenters. The maximum Gasteiger partial charge on any atom is 0.234 e. The van der Waals surface area contributed by atoms with Crippen molar-refractivity contribution in [3.63, 3.8) is 0 Å². The number of hydrogen-bond donors (Lipinski definition) is 0. The number of ether oxygens (including phenoxy) is 1. The Bertz CT molecular complexity index is 1250. The molecule has 1 aliphatic carbocycles. The molecule has 0 N–H and O–H groups in total. The Morgan fingerprint density at radius 2 is 2.15 bits per heavy atom. The number of rotatable bonds is 2. The fourth-order valence-electron chi connectivity index (χ4n) is 4.30. The fraction of sp³-hybridized carbons (Fsp3) is 0.143. The number of anilines is 2. The van der Waals surface area contributed by atoms with Crippen molar-refractivity contribution in [2.75, 3.05) is 11.9 Å². The van der Waals surface area contributed by atoms with Crippen LogP contribution in [0.4, 0.5) is 10.7 Å². The maximum atomic E-state index is 9.82. The summed E-state index contributed by atoms with van der Waals surface area (Å²) in [6.07, 6.45) is 0. The third-order valence-corrected chi connectivity index (χ3v) is 6.44. The van der Waals surface area contributed by atoms with Crippen LogP contribution in [-0.4, -0.2) is 18.5 Å². The second kappa shape index (κ2) is 4.35. The Balaban J connectivity index is 1.70. The molecule has 3 aliphatic rings. The lowest BCUT2D eigenvalue weighted by atomic mass is 9.96. The van der Waals surface area contributed by atoms with Gasteiger partial charge in [-0.3, -0.25) is 0 Å². The largest absolute Gasteiger partial charge is 0.461 e. The van der Waals surface area contributed by atoms with Gasteiger partial charge >= 0.3 is 0 Å². The number of allylic oxidation sites excluding steroid dienone is 1. The van der Waals surface area contributed by atoms with Crippen LogP contribution in [-0.2, 0) is 0 Å². The van der Waals surface area contributed by atoms with Gasteiger partial charge in [-0.25, -0.2) is 4.99 Å². The van der Waals surface area contributed by atoms with Crippen molar-refractivity contribution >= 4 is 44.1 Å². The van der Waals surface area contributed by atoms with Crippen molar-refractivity contribution < 1.29 is 4.74 Å². The SMILES string of the molecule is CN(c1cc2c3c4c(ccc3c1)OC1(C)N=C4C2=C1C#N)c1cccs1. The van der Waals surface area contributed by atoms with E-state index in [0.29, 0.717) is 5.57 Å². The van der Waals surface area contributed by atoms with Crippen LogP contribution in [0, 0.1) is 11.3 Å². The van der Waals surface area contributed by atoms with Gasteiger partial charge in [0.05, 0.1) is 16.3 Å². The number of benzene rings is 2. The fourth-order valence-corrected chi connectivity index (χ4v) is 5.01. The monoisotopic (exact) mass is 355 g/mol. The molecule has 3 heterocycles. The van der Waals surface area contributed by atoms with Gasteiger partial charge in [-0.1, -0.05) is 6.07 Å². The van der Waals surface area contributed by atoms with E-state index < -0.39 is 5.72 Å². The van der Waals surface area contributed by atoms with E-state index in [2.05, 4.69) is 53.7 Å². The molecule has 1 aromatic heterocycles. The van der Waals surface area contributed by atoms with Gasteiger partial charge in [0, 0.05) is 30.6 Å². The summed E-state index contributed by atoms with van der Waals surface area (Å²) < 4.78 is 6.11. The summed E-state index contributed by atoms with van der Waals surface area (Å²) in [5.41, 5.74) is 4.82. The standard InChI is InChI=1S/C21H13N3OS/c1-21-14(10-22)18-13-9-12(24(2)16-4-3-7-26-16)8-11-5-6-15(25-21)19(17(11)13)20(18)23-21/h3-9H,1-2H3. The minimum atomic E-state index is -0.895. The molecule has 0 radical (unpaired) electrons. The molecule has 6 rings (SSSR count). The molecule has 2 aromatic carbocycles. The highest BCUT2D eigenvalue weighted by molar-refractivity contribution is 7.14. The first-order valence-electron chi connectivity index (χ1n) is 8.43. The van der Waals surface area contributed by atoms with Crippen LogP contribution in [0.2, 0.25) is 0 Å². The number of aliphatic imine (C=N–C) groups is 1. The zero-order chi connectivity index (χ0) is 17.6. The van der Waals surface area contributed by atoms with Crippen LogP contribution in [0.3, 0.4) is 0 Å². The van der Waals surface area contributed by atoms with E-state index in [9.17, 15) is 5.26 Å². The number of nitrogens with zero attached hydrogens (tertiary/aromatic N) is 3. The van der Waals surface area contributed by atoms with E-state index in [1.807, 2.05) is 13.0 Å². The van der Waals surface area contributed by atoms with Crippen molar-refractivity contribution in [2.24, 2.45) is 4.99 Å². The maximum absolute atomic E-state index is 9.82. The molecular weight excluding hydrogens is 342 g/mol. The Morgan fingerprint density at radius 3 is 2.92 bits per heavy atom. The molecule has 124 valence electrons. The van der Waals surface area contributed by atoms with E-state index in [4.69, 9.17) is 9.73 Å². The van der Waals surface area contributed by atoms with E-state index in [-0.39, 0.29) is 0 Å². The van der Waals surface area contributed by atoms with Gasteiger partial charge in [-0.2, -0.15) is 5.26 Å². The second-order valence-corrected chi connectivity index (χ2v) is 7.87. The molecule has 0 amide bonds. The van der Waals surface area contributed by atoms with E-state index in [0.717, 1.165) is 44.6 Å². The lowest BCUT2D eigenvalue weighted by Crippen LogP contribution is -2.32. The number of fused-ring (bicyclic) bond motifs is 2. The molecule has 26 heavy (non-hydrogen) atoms. The lowest BCUT2D eigenvalue weighted by Gasteiger charge is -2.28. The molecule has 2 bridgehead atoms. The summed E-state index contributed by atoms with van der Waals surface area (Å²) in [6.45, 7) is 1.87. The molecule has 2 aliphatic heterocycles. The number of hydrogen-bond acceptors (Lipinski definition) is 5. The summed E-state index contributed by atoms with van der Waals surface area (Å²) in [5.74, 6) is 0.825. The zero-order valence-electron chi connectivity index (χ0n) is 14.2. The highest BCUT2D eigenvalue weighted by atomic mass is 32.1. The Morgan fingerprint density at radius 1 is 1.27 bits per heavy atom. The molecule has 5 heteroatoms. The molecule has 0 saturated carbocycles. The predicted molar refractivity (Wildman–Crippen MR) is 104 cm³/mol. The first-order chi connectivity index (χ1) is 12.6. The first kappa shape index (κ1) is 14.1. The van der Waals surface area contributed by atoms with Crippen LogP contribution in [0.1, 0.15) is 18.1 Å². The van der Waals surface area contributed by atoms with Gasteiger partial charge < -0.3 is 9.64 Å². The highest BCUT2D eigenvalue weighted by Crippen LogP contribution is 2.55. The second-order valence-electron chi connectivity index (χ2n) is 6.95. The van der Waals surface area contributed by atoms with Crippen LogP contribution in [0.15, 0.2) is 52.3 Å². The molecule has 0 spiro atoms. The van der Waals surface area contributed by atoms with Crippen molar-refractivity contribution in [3.8, 4) is 11.8 Å². The molecule has 4 nitrogen and oxygen atoms in total.